The number of carbonyl (C=O) groups excluding carboxylic acids is 1. The van der Waals surface area contributed by atoms with Crippen LogP contribution in [0.2, 0.25) is 0 Å². The maximum absolute atomic E-state index is 12.4. The van der Waals surface area contributed by atoms with Crippen LogP contribution in [-0.4, -0.2) is 15.0 Å². The molecule has 0 radical (unpaired) electrons. The lowest BCUT2D eigenvalue weighted by molar-refractivity contribution is -0.116. The van der Waals surface area contributed by atoms with Gasteiger partial charge in [0, 0.05) is 22.9 Å². The van der Waals surface area contributed by atoms with E-state index in [0.29, 0.717) is 17.2 Å². The first-order valence-corrected chi connectivity index (χ1v) is 9.78. The summed E-state index contributed by atoms with van der Waals surface area (Å²) >= 11 is 3.36. The lowest BCUT2D eigenvalue weighted by Gasteiger charge is -2.11. The highest BCUT2D eigenvalue weighted by molar-refractivity contribution is 9.10. The van der Waals surface area contributed by atoms with Crippen molar-refractivity contribution >= 4 is 27.5 Å². The van der Waals surface area contributed by atoms with Gasteiger partial charge >= 0.3 is 5.69 Å². The molecule has 0 bridgehead atoms. The summed E-state index contributed by atoms with van der Waals surface area (Å²) in [4.78, 5) is 36.9. The fourth-order valence-electron chi connectivity index (χ4n) is 2.69. The maximum Gasteiger partial charge on any atom is 0.331 e. The van der Waals surface area contributed by atoms with Crippen molar-refractivity contribution in [2.24, 2.45) is 0 Å². The Balaban J connectivity index is 1.71. The molecule has 0 aliphatic rings. The van der Waals surface area contributed by atoms with Gasteiger partial charge in [0.25, 0.3) is 5.56 Å². The van der Waals surface area contributed by atoms with E-state index in [-0.39, 0.29) is 12.1 Å². The summed E-state index contributed by atoms with van der Waals surface area (Å²) in [6, 6.07) is 15.8. The average molecular weight is 469 g/mol. The van der Waals surface area contributed by atoms with Crippen LogP contribution in [0.3, 0.4) is 0 Å². The number of rotatable bonds is 6. The first-order chi connectivity index (χ1) is 14.4. The Labute approximate surface area is 180 Å². The van der Waals surface area contributed by atoms with Crippen molar-refractivity contribution in [3.8, 4) is 17.6 Å². The number of benzene rings is 2. The normalized spacial score (nSPS) is 10.3. The smallest absolute Gasteiger partial charge is 0.331 e. The van der Waals surface area contributed by atoms with E-state index in [0.717, 1.165) is 9.04 Å². The zero-order valence-electron chi connectivity index (χ0n) is 16.0. The molecule has 1 aromatic heterocycles. The van der Waals surface area contributed by atoms with Crippen LogP contribution in [0, 0.1) is 11.3 Å². The van der Waals surface area contributed by atoms with Gasteiger partial charge in [-0.05, 0) is 55.5 Å². The fourth-order valence-corrected chi connectivity index (χ4v) is 2.95. The lowest BCUT2D eigenvalue weighted by Crippen LogP contribution is -2.43. The van der Waals surface area contributed by atoms with E-state index in [4.69, 9.17) is 10.00 Å². The molecule has 30 heavy (non-hydrogen) atoms. The standard InChI is InChI=1S/C21H17BrN4O4/c1-2-25-12-14(11-23)20(28)26(21(25)29)13-19(27)24-16-5-9-18(10-6-16)30-17-7-3-15(22)4-8-17/h3-10,12H,2,13H2,1H3,(H,24,27). The molecule has 3 aromatic rings. The molecule has 0 spiro atoms. The summed E-state index contributed by atoms with van der Waals surface area (Å²) in [5, 5.41) is 11.7. The van der Waals surface area contributed by atoms with E-state index in [1.165, 1.54) is 10.8 Å². The van der Waals surface area contributed by atoms with Crippen LogP contribution < -0.4 is 21.3 Å². The van der Waals surface area contributed by atoms with Gasteiger partial charge in [-0.3, -0.25) is 14.2 Å². The first kappa shape index (κ1) is 21.1. The topological polar surface area (TPSA) is 106 Å². The Morgan fingerprint density at radius 2 is 1.70 bits per heavy atom. The summed E-state index contributed by atoms with van der Waals surface area (Å²) in [5.74, 6) is 0.687. The molecule has 152 valence electrons. The minimum atomic E-state index is -0.791. The second-order valence-electron chi connectivity index (χ2n) is 6.24. The van der Waals surface area contributed by atoms with Gasteiger partial charge in [0.2, 0.25) is 5.91 Å². The Kier molecular flexibility index (Phi) is 6.49. The molecule has 0 unspecified atom stereocenters. The summed E-state index contributed by atoms with van der Waals surface area (Å²) in [6.07, 6.45) is 1.20. The van der Waals surface area contributed by atoms with Crippen LogP contribution in [0.25, 0.3) is 0 Å². The monoisotopic (exact) mass is 468 g/mol. The van der Waals surface area contributed by atoms with Crippen LogP contribution in [0.1, 0.15) is 12.5 Å². The Morgan fingerprint density at radius 3 is 2.27 bits per heavy atom. The molecule has 0 saturated heterocycles. The van der Waals surface area contributed by atoms with Crippen LogP contribution in [0.15, 0.2) is 68.8 Å². The number of hydrogen-bond donors (Lipinski definition) is 1. The van der Waals surface area contributed by atoms with E-state index in [1.807, 2.05) is 24.3 Å². The van der Waals surface area contributed by atoms with Crippen LogP contribution >= 0.6 is 15.9 Å². The molecule has 0 saturated carbocycles. The third kappa shape index (κ3) is 4.85. The van der Waals surface area contributed by atoms with Gasteiger partial charge < -0.3 is 10.1 Å². The number of nitrogens with one attached hydrogen (secondary N) is 1. The third-order valence-electron chi connectivity index (χ3n) is 4.19. The van der Waals surface area contributed by atoms with Crippen LogP contribution in [0.5, 0.6) is 11.5 Å². The molecule has 1 N–H and O–H groups in total. The number of halogens is 1. The van der Waals surface area contributed by atoms with Gasteiger partial charge in [0.15, 0.2) is 0 Å². The van der Waals surface area contributed by atoms with Gasteiger partial charge in [0.1, 0.15) is 29.7 Å². The summed E-state index contributed by atoms with van der Waals surface area (Å²) in [6.45, 7) is 1.48. The van der Waals surface area contributed by atoms with Crippen molar-refractivity contribution in [3.05, 3.63) is 85.6 Å². The molecule has 3 rings (SSSR count). The van der Waals surface area contributed by atoms with Gasteiger partial charge in [-0.25, -0.2) is 9.36 Å². The van der Waals surface area contributed by atoms with Gasteiger partial charge in [-0.1, -0.05) is 15.9 Å². The average Bonchev–Trinajstić information content (AvgIpc) is 2.74. The number of aromatic nitrogens is 2. The molecule has 8 nitrogen and oxygen atoms in total. The van der Waals surface area contributed by atoms with Crippen molar-refractivity contribution in [2.45, 2.75) is 20.0 Å². The fraction of sp³-hybridized carbons (Fsp3) is 0.143. The van der Waals surface area contributed by atoms with Crippen molar-refractivity contribution < 1.29 is 9.53 Å². The molecule has 0 atom stereocenters. The molecule has 9 heteroatoms. The number of ether oxygens (including phenoxy) is 1. The number of nitriles is 1. The number of hydrogen-bond acceptors (Lipinski definition) is 5. The number of carbonyl (C=O) groups is 1. The SMILES string of the molecule is CCn1cc(C#N)c(=O)n(CC(=O)Nc2ccc(Oc3ccc(Br)cc3)cc2)c1=O. The zero-order valence-corrected chi connectivity index (χ0v) is 17.5. The van der Waals surface area contributed by atoms with Gasteiger partial charge in [-0.2, -0.15) is 5.26 Å². The molecule has 0 aliphatic heterocycles. The second-order valence-corrected chi connectivity index (χ2v) is 7.16. The van der Waals surface area contributed by atoms with Crippen LogP contribution in [0.4, 0.5) is 5.69 Å². The van der Waals surface area contributed by atoms with E-state index >= 15 is 0 Å². The quantitative estimate of drug-likeness (QED) is 0.597. The van der Waals surface area contributed by atoms with Crippen LogP contribution in [-0.2, 0) is 17.9 Å². The largest absolute Gasteiger partial charge is 0.457 e. The molecule has 0 aliphatic carbocycles. The Morgan fingerprint density at radius 1 is 1.10 bits per heavy atom. The van der Waals surface area contributed by atoms with E-state index in [2.05, 4.69) is 21.2 Å². The highest BCUT2D eigenvalue weighted by Gasteiger charge is 2.14. The Hall–Kier alpha value is -3.64. The highest BCUT2D eigenvalue weighted by Crippen LogP contribution is 2.24. The van der Waals surface area contributed by atoms with Crippen molar-refractivity contribution in [2.75, 3.05) is 5.32 Å². The predicted octanol–water partition coefficient (Wildman–Crippen LogP) is 3.10. The molecule has 2 aromatic carbocycles. The summed E-state index contributed by atoms with van der Waals surface area (Å²) < 4.78 is 8.62. The van der Waals surface area contributed by atoms with E-state index in [9.17, 15) is 14.4 Å². The number of nitrogens with zero attached hydrogens (tertiary/aromatic N) is 3. The number of amides is 1. The van der Waals surface area contributed by atoms with Crippen molar-refractivity contribution in [1.29, 1.82) is 5.26 Å². The number of anilines is 1. The van der Waals surface area contributed by atoms with Gasteiger partial charge in [-0.15, -0.1) is 0 Å². The van der Waals surface area contributed by atoms with Crippen molar-refractivity contribution in [1.82, 2.24) is 9.13 Å². The minimum Gasteiger partial charge on any atom is -0.457 e. The second kappa shape index (κ2) is 9.24. The predicted molar refractivity (Wildman–Crippen MR) is 115 cm³/mol. The molecular formula is C21H17BrN4O4. The zero-order chi connectivity index (χ0) is 21.7. The minimum absolute atomic E-state index is 0.196. The molecule has 0 fully saturated rings. The van der Waals surface area contributed by atoms with E-state index < -0.39 is 23.7 Å². The Bertz CT molecular complexity index is 1220. The molecular weight excluding hydrogens is 452 g/mol. The molecule has 1 heterocycles. The number of aryl methyl sites for hydroxylation is 1. The lowest BCUT2D eigenvalue weighted by atomic mass is 10.3. The maximum atomic E-state index is 12.4. The third-order valence-corrected chi connectivity index (χ3v) is 4.72. The highest BCUT2D eigenvalue weighted by atomic mass is 79.9. The van der Waals surface area contributed by atoms with Gasteiger partial charge in [0.05, 0.1) is 0 Å². The molecule has 1 amide bonds. The van der Waals surface area contributed by atoms with E-state index in [1.54, 1.807) is 37.3 Å². The summed E-state index contributed by atoms with van der Waals surface area (Å²) in [5.41, 5.74) is -1.15. The first-order valence-electron chi connectivity index (χ1n) is 8.99. The summed E-state index contributed by atoms with van der Waals surface area (Å²) in [7, 11) is 0. The van der Waals surface area contributed by atoms with Crippen molar-refractivity contribution in [3.63, 3.8) is 0 Å².